The molecule has 1 aliphatic heterocycles. The molecule has 0 bridgehead atoms. The number of alkyl halides is 3. The SMILES string of the molecule is CCC1(CNCC(F)(F)F)CCNCC1. The lowest BCUT2D eigenvalue weighted by atomic mass is 9.76. The smallest absolute Gasteiger partial charge is 0.317 e. The van der Waals surface area contributed by atoms with Gasteiger partial charge < -0.3 is 10.6 Å². The van der Waals surface area contributed by atoms with Crippen molar-refractivity contribution in [2.24, 2.45) is 5.41 Å². The summed E-state index contributed by atoms with van der Waals surface area (Å²) in [6.07, 6.45) is -1.22. The lowest BCUT2D eigenvalue weighted by molar-refractivity contribution is -0.125. The van der Waals surface area contributed by atoms with Crippen molar-refractivity contribution in [1.29, 1.82) is 0 Å². The van der Waals surface area contributed by atoms with Crippen LogP contribution >= 0.6 is 0 Å². The van der Waals surface area contributed by atoms with Crippen molar-refractivity contribution < 1.29 is 13.2 Å². The summed E-state index contributed by atoms with van der Waals surface area (Å²) >= 11 is 0. The lowest BCUT2D eigenvalue weighted by Crippen LogP contribution is -2.44. The van der Waals surface area contributed by atoms with Crippen molar-refractivity contribution >= 4 is 0 Å². The first kappa shape index (κ1) is 12.8. The Labute approximate surface area is 88.6 Å². The first-order valence-electron chi connectivity index (χ1n) is 5.46. The van der Waals surface area contributed by atoms with Crippen LogP contribution in [0.25, 0.3) is 0 Å². The zero-order valence-corrected chi connectivity index (χ0v) is 9.08. The topological polar surface area (TPSA) is 24.1 Å². The number of rotatable bonds is 4. The van der Waals surface area contributed by atoms with Gasteiger partial charge in [0.05, 0.1) is 6.54 Å². The first-order chi connectivity index (χ1) is 6.97. The fourth-order valence-electron chi connectivity index (χ4n) is 2.08. The molecule has 0 unspecified atom stereocenters. The third-order valence-electron chi connectivity index (χ3n) is 3.24. The molecule has 0 spiro atoms. The zero-order valence-electron chi connectivity index (χ0n) is 9.08. The van der Waals surface area contributed by atoms with Gasteiger partial charge in [-0.25, -0.2) is 0 Å². The molecular weight excluding hydrogens is 205 g/mol. The minimum absolute atomic E-state index is 0.0660. The molecule has 0 saturated carbocycles. The van der Waals surface area contributed by atoms with E-state index in [0.29, 0.717) is 6.54 Å². The number of hydrogen-bond acceptors (Lipinski definition) is 2. The van der Waals surface area contributed by atoms with Crippen LogP contribution in [-0.4, -0.2) is 32.4 Å². The van der Waals surface area contributed by atoms with Crippen LogP contribution in [0.5, 0.6) is 0 Å². The fraction of sp³-hybridized carbons (Fsp3) is 1.00. The van der Waals surface area contributed by atoms with Gasteiger partial charge in [-0.05, 0) is 37.8 Å². The molecule has 5 heteroatoms. The Morgan fingerprint density at radius 3 is 2.33 bits per heavy atom. The van der Waals surface area contributed by atoms with Crippen LogP contribution in [0.3, 0.4) is 0 Å². The van der Waals surface area contributed by atoms with Gasteiger partial charge in [0.15, 0.2) is 0 Å². The number of halogens is 3. The normalized spacial score (nSPS) is 21.6. The van der Waals surface area contributed by atoms with Crippen molar-refractivity contribution in [1.82, 2.24) is 10.6 Å². The molecule has 1 rings (SSSR count). The summed E-state index contributed by atoms with van der Waals surface area (Å²) in [4.78, 5) is 0. The largest absolute Gasteiger partial charge is 0.401 e. The van der Waals surface area contributed by atoms with Crippen LogP contribution in [0, 0.1) is 5.41 Å². The van der Waals surface area contributed by atoms with E-state index in [1.165, 1.54) is 0 Å². The Balaban J connectivity index is 2.33. The van der Waals surface area contributed by atoms with Crippen molar-refractivity contribution in [3.63, 3.8) is 0 Å². The van der Waals surface area contributed by atoms with Crippen molar-refractivity contribution in [3.05, 3.63) is 0 Å². The highest BCUT2D eigenvalue weighted by Gasteiger charge is 2.32. The Kier molecular flexibility index (Phi) is 4.40. The van der Waals surface area contributed by atoms with Gasteiger partial charge in [-0.2, -0.15) is 13.2 Å². The van der Waals surface area contributed by atoms with E-state index < -0.39 is 12.7 Å². The maximum absolute atomic E-state index is 12.0. The number of piperidine rings is 1. The zero-order chi connectivity index (χ0) is 11.4. The van der Waals surface area contributed by atoms with Gasteiger partial charge in [-0.3, -0.25) is 0 Å². The third kappa shape index (κ3) is 4.38. The third-order valence-corrected chi connectivity index (χ3v) is 3.24. The molecule has 0 aromatic carbocycles. The molecule has 0 aromatic heterocycles. The van der Waals surface area contributed by atoms with Crippen LogP contribution < -0.4 is 10.6 Å². The second-order valence-electron chi connectivity index (χ2n) is 4.32. The monoisotopic (exact) mass is 224 g/mol. The Morgan fingerprint density at radius 2 is 1.87 bits per heavy atom. The van der Waals surface area contributed by atoms with Gasteiger partial charge in [-0.15, -0.1) is 0 Å². The van der Waals surface area contributed by atoms with E-state index in [1.54, 1.807) is 0 Å². The van der Waals surface area contributed by atoms with E-state index in [9.17, 15) is 13.2 Å². The summed E-state index contributed by atoms with van der Waals surface area (Å²) in [5.74, 6) is 0. The maximum Gasteiger partial charge on any atom is 0.401 e. The Morgan fingerprint density at radius 1 is 1.27 bits per heavy atom. The summed E-state index contributed by atoms with van der Waals surface area (Å²) in [6, 6.07) is 0. The average Bonchev–Trinajstić information content (AvgIpc) is 2.17. The Bertz CT molecular complexity index is 186. The van der Waals surface area contributed by atoms with Gasteiger partial charge in [0, 0.05) is 6.54 Å². The predicted molar refractivity (Wildman–Crippen MR) is 53.8 cm³/mol. The molecule has 0 aromatic rings. The molecule has 15 heavy (non-hydrogen) atoms. The van der Waals surface area contributed by atoms with E-state index in [2.05, 4.69) is 17.6 Å². The summed E-state index contributed by atoms with van der Waals surface area (Å²) in [5, 5.41) is 5.76. The molecule has 90 valence electrons. The second-order valence-corrected chi connectivity index (χ2v) is 4.32. The van der Waals surface area contributed by atoms with E-state index in [4.69, 9.17) is 0 Å². The predicted octanol–water partition coefficient (Wildman–Crippen LogP) is 1.92. The van der Waals surface area contributed by atoms with Crippen molar-refractivity contribution in [2.75, 3.05) is 26.2 Å². The molecule has 1 aliphatic rings. The standard InChI is InChI=1S/C10H19F3N2/c1-2-9(3-5-14-6-4-9)7-15-8-10(11,12)13/h14-15H,2-8H2,1H3. The Hall–Kier alpha value is -0.290. The molecule has 0 atom stereocenters. The summed E-state index contributed by atoms with van der Waals surface area (Å²) in [5.41, 5.74) is 0.0660. The van der Waals surface area contributed by atoms with E-state index >= 15 is 0 Å². The van der Waals surface area contributed by atoms with Gasteiger partial charge in [0.1, 0.15) is 0 Å². The van der Waals surface area contributed by atoms with Crippen molar-refractivity contribution in [3.8, 4) is 0 Å². The van der Waals surface area contributed by atoms with E-state index in [-0.39, 0.29) is 5.41 Å². The van der Waals surface area contributed by atoms with Crippen LogP contribution in [0.2, 0.25) is 0 Å². The van der Waals surface area contributed by atoms with Crippen LogP contribution in [0.15, 0.2) is 0 Å². The minimum Gasteiger partial charge on any atom is -0.317 e. The number of hydrogen-bond donors (Lipinski definition) is 2. The van der Waals surface area contributed by atoms with Crippen molar-refractivity contribution in [2.45, 2.75) is 32.4 Å². The highest BCUT2D eigenvalue weighted by Crippen LogP contribution is 2.31. The van der Waals surface area contributed by atoms with Gasteiger partial charge >= 0.3 is 6.18 Å². The van der Waals surface area contributed by atoms with Crippen LogP contribution in [-0.2, 0) is 0 Å². The highest BCUT2D eigenvalue weighted by molar-refractivity contribution is 4.85. The molecule has 2 N–H and O–H groups in total. The number of nitrogens with one attached hydrogen (secondary N) is 2. The fourth-order valence-corrected chi connectivity index (χ4v) is 2.08. The lowest BCUT2D eigenvalue weighted by Gasteiger charge is -2.37. The summed E-state index contributed by atoms with van der Waals surface area (Å²) in [7, 11) is 0. The highest BCUT2D eigenvalue weighted by atomic mass is 19.4. The molecule has 0 radical (unpaired) electrons. The molecular formula is C10H19F3N2. The van der Waals surface area contributed by atoms with E-state index in [0.717, 1.165) is 32.4 Å². The van der Waals surface area contributed by atoms with E-state index in [1.807, 2.05) is 0 Å². The van der Waals surface area contributed by atoms with Crippen LogP contribution in [0.4, 0.5) is 13.2 Å². The molecule has 0 amide bonds. The maximum atomic E-state index is 12.0. The van der Waals surface area contributed by atoms with Gasteiger partial charge in [0.25, 0.3) is 0 Å². The molecule has 0 aliphatic carbocycles. The first-order valence-corrected chi connectivity index (χ1v) is 5.46. The summed E-state index contributed by atoms with van der Waals surface area (Å²) in [6.45, 7) is 3.50. The summed E-state index contributed by atoms with van der Waals surface area (Å²) < 4.78 is 35.9. The second kappa shape index (κ2) is 5.16. The van der Waals surface area contributed by atoms with Gasteiger partial charge in [-0.1, -0.05) is 6.92 Å². The van der Waals surface area contributed by atoms with Crippen LogP contribution in [0.1, 0.15) is 26.2 Å². The average molecular weight is 224 g/mol. The van der Waals surface area contributed by atoms with Gasteiger partial charge in [0.2, 0.25) is 0 Å². The molecule has 2 nitrogen and oxygen atoms in total. The molecule has 1 heterocycles. The molecule has 1 saturated heterocycles. The molecule has 1 fully saturated rings. The quantitative estimate of drug-likeness (QED) is 0.762. The minimum atomic E-state index is -4.10.